The highest BCUT2D eigenvalue weighted by Crippen LogP contribution is 2.26. The van der Waals surface area contributed by atoms with E-state index in [-0.39, 0.29) is 0 Å². The van der Waals surface area contributed by atoms with Gasteiger partial charge in [-0.05, 0) is 0 Å². The van der Waals surface area contributed by atoms with E-state index in [2.05, 4.69) is 4.74 Å². The van der Waals surface area contributed by atoms with Crippen molar-refractivity contribution >= 4 is 58.2 Å². The molecule has 0 aromatic heterocycles. The third kappa shape index (κ3) is 6.16. The van der Waals surface area contributed by atoms with E-state index in [4.69, 9.17) is 39.9 Å². The molecule has 17 heavy (non-hydrogen) atoms. The van der Waals surface area contributed by atoms with E-state index in [9.17, 15) is 13.8 Å². The molecular formula is C6H9Cl3N2O5S. The third-order valence-corrected chi connectivity index (χ3v) is 2.92. The number of hydrogen-bond donors (Lipinski definition) is 1. The van der Waals surface area contributed by atoms with Crippen LogP contribution in [-0.4, -0.2) is 54.6 Å². The molecule has 1 N–H and O–H groups in total. The van der Waals surface area contributed by atoms with Crippen LogP contribution in [0.5, 0.6) is 0 Å². The van der Waals surface area contributed by atoms with Crippen molar-refractivity contribution in [2.75, 3.05) is 20.7 Å². The topological polar surface area (TPSA) is 87.2 Å². The van der Waals surface area contributed by atoms with Crippen molar-refractivity contribution < 1.29 is 23.6 Å². The summed E-state index contributed by atoms with van der Waals surface area (Å²) in [5.74, 6) is 0. The van der Waals surface area contributed by atoms with Crippen molar-refractivity contribution in [3.8, 4) is 0 Å². The Hall–Kier alpha value is -0.440. The number of carbonyl (C=O) groups excluding carboxylic acids is 1. The summed E-state index contributed by atoms with van der Waals surface area (Å²) in [7, 11) is 2.10. The number of nitrogens with zero attached hydrogens (tertiary/aromatic N) is 2. The van der Waals surface area contributed by atoms with Crippen LogP contribution < -0.4 is 0 Å². The van der Waals surface area contributed by atoms with Gasteiger partial charge in [-0.1, -0.05) is 34.8 Å². The zero-order valence-electron chi connectivity index (χ0n) is 8.72. The van der Waals surface area contributed by atoms with Gasteiger partial charge in [-0.3, -0.25) is 0 Å². The number of rotatable bonds is 3. The highest BCUT2D eigenvalue weighted by molar-refractivity contribution is 7.81. The number of carboxylic acid groups (broad SMARTS) is 1. The molecule has 0 aromatic rings. The maximum atomic E-state index is 11.4. The lowest BCUT2D eigenvalue weighted by Crippen LogP contribution is -2.41. The van der Waals surface area contributed by atoms with Crippen molar-refractivity contribution in [3.05, 3.63) is 0 Å². The van der Waals surface area contributed by atoms with Crippen molar-refractivity contribution in [1.82, 2.24) is 8.61 Å². The number of ether oxygens (including phenoxy) is 1. The summed E-state index contributed by atoms with van der Waals surface area (Å²) in [5, 5.41) is 8.53. The SMILES string of the molecule is CN(C(=O)O)S(=O)N(C)C(=O)OCC(Cl)(Cl)Cl. The number of halogens is 3. The molecule has 0 spiro atoms. The fourth-order valence-electron chi connectivity index (χ4n) is 0.549. The lowest BCUT2D eigenvalue weighted by atomic mass is 10.8. The van der Waals surface area contributed by atoms with Gasteiger partial charge >= 0.3 is 12.2 Å². The molecule has 0 rings (SSSR count). The van der Waals surface area contributed by atoms with E-state index >= 15 is 0 Å². The Morgan fingerprint density at radius 2 is 1.76 bits per heavy atom. The standard InChI is InChI=1S/C6H9Cl3N2O5S/c1-10(4(12)13)17(15)11(2)5(14)16-3-6(7,8)9/h3H2,1-2H3,(H,12,13). The van der Waals surface area contributed by atoms with Crippen LogP contribution in [0.15, 0.2) is 0 Å². The largest absolute Gasteiger partial charge is 0.464 e. The molecule has 0 heterocycles. The van der Waals surface area contributed by atoms with Crippen LogP contribution in [-0.2, 0) is 15.9 Å². The van der Waals surface area contributed by atoms with Crippen LogP contribution in [0.2, 0.25) is 0 Å². The molecule has 100 valence electrons. The predicted molar refractivity (Wildman–Crippen MR) is 63.3 cm³/mol. The maximum Gasteiger partial charge on any atom is 0.422 e. The number of carbonyl (C=O) groups is 2. The van der Waals surface area contributed by atoms with Crippen LogP contribution in [0, 0.1) is 0 Å². The normalized spacial score (nSPS) is 12.8. The molecule has 7 nitrogen and oxygen atoms in total. The molecular weight excluding hydrogens is 319 g/mol. The molecule has 0 aliphatic rings. The molecule has 0 aliphatic carbocycles. The molecule has 0 aliphatic heterocycles. The Morgan fingerprint density at radius 3 is 2.12 bits per heavy atom. The minimum Gasteiger partial charge on any atom is -0.464 e. The molecule has 0 saturated carbocycles. The highest BCUT2D eigenvalue weighted by atomic mass is 35.6. The highest BCUT2D eigenvalue weighted by Gasteiger charge is 2.27. The van der Waals surface area contributed by atoms with Gasteiger partial charge in [0.25, 0.3) is 0 Å². The van der Waals surface area contributed by atoms with Gasteiger partial charge in [0.05, 0.1) is 0 Å². The van der Waals surface area contributed by atoms with E-state index < -0.39 is 33.8 Å². The van der Waals surface area contributed by atoms with Crippen molar-refractivity contribution in [3.63, 3.8) is 0 Å². The third-order valence-electron chi connectivity index (χ3n) is 1.35. The average Bonchev–Trinajstić information content (AvgIpc) is 2.21. The Labute approximate surface area is 115 Å². The van der Waals surface area contributed by atoms with Crippen LogP contribution in [0.4, 0.5) is 9.59 Å². The lowest BCUT2D eigenvalue weighted by molar-refractivity contribution is 0.132. The van der Waals surface area contributed by atoms with Gasteiger partial charge in [-0.25, -0.2) is 22.4 Å². The van der Waals surface area contributed by atoms with Gasteiger partial charge in [-0.15, -0.1) is 0 Å². The summed E-state index contributed by atoms with van der Waals surface area (Å²) >= 11 is 13.8. The Bertz CT molecular complexity index is 334. The second kappa shape index (κ2) is 6.48. The molecule has 1 atom stereocenters. The fraction of sp³-hybridized carbons (Fsp3) is 0.667. The minimum absolute atomic E-state index is 0.413. The molecule has 2 amide bonds. The predicted octanol–water partition coefficient (Wildman–Crippen LogP) is 1.61. The summed E-state index contributed by atoms with van der Waals surface area (Å²) in [6.45, 7) is -0.547. The van der Waals surface area contributed by atoms with Crippen LogP contribution in [0.25, 0.3) is 0 Å². The Morgan fingerprint density at radius 1 is 1.29 bits per heavy atom. The molecule has 0 fully saturated rings. The van der Waals surface area contributed by atoms with E-state index in [0.717, 1.165) is 14.1 Å². The van der Waals surface area contributed by atoms with Crippen molar-refractivity contribution in [1.29, 1.82) is 0 Å². The smallest absolute Gasteiger partial charge is 0.422 e. The first-order chi connectivity index (χ1) is 7.56. The maximum absolute atomic E-state index is 11.4. The van der Waals surface area contributed by atoms with Crippen LogP contribution in [0.3, 0.4) is 0 Å². The van der Waals surface area contributed by atoms with E-state index in [1.54, 1.807) is 0 Å². The Balaban J connectivity index is 4.41. The summed E-state index contributed by atoms with van der Waals surface area (Å²) in [4.78, 5) is 21.7. The Kier molecular flexibility index (Phi) is 6.31. The summed E-state index contributed by atoms with van der Waals surface area (Å²) in [6, 6.07) is 0. The van der Waals surface area contributed by atoms with Gasteiger partial charge in [0.15, 0.2) is 0 Å². The minimum atomic E-state index is -2.23. The van der Waals surface area contributed by atoms with Gasteiger partial charge in [0.1, 0.15) is 6.61 Å². The fourth-order valence-corrected chi connectivity index (χ4v) is 1.39. The number of hydrogen-bond acceptors (Lipinski definition) is 4. The quantitative estimate of drug-likeness (QED) is 0.796. The van der Waals surface area contributed by atoms with Crippen molar-refractivity contribution in [2.24, 2.45) is 0 Å². The van der Waals surface area contributed by atoms with Crippen LogP contribution >= 0.6 is 34.8 Å². The van der Waals surface area contributed by atoms with E-state index in [1.165, 1.54) is 0 Å². The van der Waals surface area contributed by atoms with Gasteiger partial charge in [0.2, 0.25) is 15.0 Å². The summed E-state index contributed by atoms with van der Waals surface area (Å²) in [6.07, 6.45) is -2.55. The summed E-state index contributed by atoms with van der Waals surface area (Å²) in [5.41, 5.74) is 0. The molecule has 0 bridgehead atoms. The van der Waals surface area contributed by atoms with E-state index in [1.807, 2.05) is 0 Å². The second-order valence-corrected chi connectivity index (χ2v) is 6.75. The first-order valence-electron chi connectivity index (χ1n) is 3.92. The van der Waals surface area contributed by atoms with Crippen LogP contribution in [0.1, 0.15) is 0 Å². The zero-order chi connectivity index (χ0) is 13.8. The lowest BCUT2D eigenvalue weighted by Gasteiger charge is -2.21. The molecule has 1 unspecified atom stereocenters. The monoisotopic (exact) mass is 326 g/mol. The first-order valence-corrected chi connectivity index (χ1v) is 6.12. The van der Waals surface area contributed by atoms with Crippen molar-refractivity contribution in [2.45, 2.75) is 3.79 Å². The van der Waals surface area contributed by atoms with Gasteiger partial charge in [0, 0.05) is 14.1 Å². The number of alkyl halides is 3. The first kappa shape index (κ1) is 16.6. The summed E-state index contributed by atoms with van der Waals surface area (Å²) < 4.78 is 15.1. The van der Waals surface area contributed by atoms with Gasteiger partial charge < -0.3 is 9.84 Å². The zero-order valence-corrected chi connectivity index (χ0v) is 11.8. The van der Waals surface area contributed by atoms with Gasteiger partial charge in [-0.2, -0.15) is 0 Å². The molecule has 0 aromatic carbocycles. The van der Waals surface area contributed by atoms with E-state index in [0.29, 0.717) is 8.61 Å². The average molecular weight is 328 g/mol. The molecule has 0 radical (unpaired) electrons. The molecule has 0 saturated heterocycles. The molecule has 11 heteroatoms. The number of amides is 2. The second-order valence-electron chi connectivity index (χ2n) is 2.68.